The van der Waals surface area contributed by atoms with Gasteiger partial charge in [0, 0.05) is 12.1 Å². The van der Waals surface area contributed by atoms with Crippen LogP contribution in [0.2, 0.25) is 0 Å². The minimum atomic E-state index is 0.206. The van der Waals surface area contributed by atoms with E-state index in [4.69, 9.17) is 4.74 Å². The smallest absolute Gasteiger partial charge is 0.160 e. The molecule has 1 aliphatic carbocycles. The summed E-state index contributed by atoms with van der Waals surface area (Å²) >= 11 is 0. The molecule has 0 heterocycles. The first-order valence-corrected chi connectivity index (χ1v) is 7.61. The zero-order valence-electron chi connectivity index (χ0n) is 13.1. The largest absolute Gasteiger partial charge is 0.504 e. The van der Waals surface area contributed by atoms with Crippen LogP contribution in [-0.4, -0.2) is 30.2 Å². The molecular formula is C17H27NO2. The third kappa shape index (κ3) is 3.26. The number of rotatable bonds is 4. The van der Waals surface area contributed by atoms with Crippen molar-refractivity contribution >= 4 is 0 Å². The molecular weight excluding hydrogens is 250 g/mol. The SMILES string of the molecule is COc1cc(C(C)N(C)C2CCC(C)CC2)ccc1O. The molecule has 1 atom stereocenters. The van der Waals surface area contributed by atoms with E-state index < -0.39 is 0 Å². The van der Waals surface area contributed by atoms with Crippen molar-refractivity contribution in [3.63, 3.8) is 0 Å². The van der Waals surface area contributed by atoms with Gasteiger partial charge < -0.3 is 9.84 Å². The van der Waals surface area contributed by atoms with Crippen molar-refractivity contribution in [3.8, 4) is 11.5 Å². The van der Waals surface area contributed by atoms with Gasteiger partial charge in [0.05, 0.1) is 7.11 Å². The fraction of sp³-hybridized carbons (Fsp3) is 0.647. The summed E-state index contributed by atoms with van der Waals surface area (Å²) in [7, 11) is 3.81. The molecule has 0 aromatic heterocycles. The summed E-state index contributed by atoms with van der Waals surface area (Å²) in [5.74, 6) is 1.64. The van der Waals surface area contributed by atoms with Crippen LogP contribution in [0, 0.1) is 5.92 Å². The number of aromatic hydroxyl groups is 1. The fourth-order valence-electron chi connectivity index (χ4n) is 3.16. The van der Waals surface area contributed by atoms with E-state index in [1.54, 1.807) is 13.2 Å². The zero-order valence-corrected chi connectivity index (χ0v) is 13.1. The third-order valence-corrected chi connectivity index (χ3v) is 4.86. The monoisotopic (exact) mass is 277 g/mol. The predicted molar refractivity (Wildman–Crippen MR) is 82.3 cm³/mol. The molecule has 0 spiro atoms. The average Bonchev–Trinajstić information content (AvgIpc) is 2.47. The van der Waals surface area contributed by atoms with E-state index in [1.807, 2.05) is 12.1 Å². The Balaban J connectivity index is 2.08. The lowest BCUT2D eigenvalue weighted by atomic mass is 9.86. The molecule has 1 aromatic carbocycles. The van der Waals surface area contributed by atoms with E-state index in [1.165, 1.54) is 31.2 Å². The number of phenolic OH excluding ortho intramolecular Hbond substituents is 1. The first kappa shape index (κ1) is 15.2. The van der Waals surface area contributed by atoms with Gasteiger partial charge >= 0.3 is 0 Å². The van der Waals surface area contributed by atoms with Crippen LogP contribution in [0.15, 0.2) is 18.2 Å². The van der Waals surface area contributed by atoms with E-state index in [0.717, 1.165) is 5.92 Å². The molecule has 0 saturated heterocycles. The number of ether oxygens (including phenoxy) is 1. The van der Waals surface area contributed by atoms with Gasteiger partial charge in [-0.25, -0.2) is 0 Å². The van der Waals surface area contributed by atoms with Gasteiger partial charge in [-0.15, -0.1) is 0 Å². The number of hydrogen-bond acceptors (Lipinski definition) is 3. The Bertz CT molecular complexity index is 439. The van der Waals surface area contributed by atoms with Crippen LogP contribution in [-0.2, 0) is 0 Å². The fourth-order valence-corrected chi connectivity index (χ4v) is 3.16. The summed E-state index contributed by atoms with van der Waals surface area (Å²) in [5, 5.41) is 9.69. The first-order chi connectivity index (χ1) is 9.52. The van der Waals surface area contributed by atoms with Crippen molar-refractivity contribution < 1.29 is 9.84 Å². The Morgan fingerprint density at radius 2 is 1.90 bits per heavy atom. The molecule has 1 fully saturated rings. The van der Waals surface area contributed by atoms with Crippen LogP contribution in [0.4, 0.5) is 0 Å². The number of nitrogens with zero attached hydrogens (tertiary/aromatic N) is 1. The number of hydrogen-bond donors (Lipinski definition) is 1. The lowest BCUT2D eigenvalue weighted by Crippen LogP contribution is -2.36. The Kier molecular flexibility index (Phi) is 4.92. The lowest BCUT2D eigenvalue weighted by Gasteiger charge is -2.37. The number of methoxy groups -OCH3 is 1. The quantitative estimate of drug-likeness (QED) is 0.903. The molecule has 0 amide bonds. The van der Waals surface area contributed by atoms with E-state index in [9.17, 15) is 5.11 Å². The highest BCUT2D eigenvalue weighted by Crippen LogP contribution is 2.34. The lowest BCUT2D eigenvalue weighted by molar-refractivity contribution is 0.131. The summed E-state index contributed by atoms with van der Waals surface area (Å²) in [6.07, 6.45) is 5.25. The Labute approximate surface area is 122 Å². The molecule has 20 heavy (non-hydrogen) atoms. The summed E-state index contributed by atoms with van der Waals surface area (Å²) in [6, 6.07) is 6.66. The summed E-state index contributed by atoms with van der Waals surface area (Å²) in [5.41, 5.74) is 1.20. The Hall–Kier alpha value is -1.22. The van der Waals surface area contributed by atoms with Crippen LogP contribution in [0.1, 0.15) is 51.1 Å². The summed E-state index contributed by atoms with van der Waals surface area (Å²) in [4.78, 5) is 2.47. The molecule has 1 aliphatic rings. The van der Waals surface area contributed by atoms with Crippen molar-refractivity contribution in [2.45, 2.75) is 51.6 Å². The second-order valence-corrected chi connectivity index (χ2v) is 6.19. The number of phenols is 1. The highest BCUT2D eigenvalue weighted by Gasteiger charge is 2.25. The molecule has 0 bridgehead atoms. The van der Waals surface area contributed by atoms with Gasteiger partial charge in [0.15, 0.2) is 11.5 Å². The van der Waals surface area contributed by atoms with Gasteiger partial charge in [-0.3, -0.25) is 4.90 Å². The molecule has 2 rings (SSSR count). The molecule has 1 saturated carbocycles. The van der Waals surface area contributed by atoms with Crippen molar-refractivity contribution in [3.05, 3.63) is 23.8 Å². The van der Waals surface area contributed by atoms with Gasteiger partial charge in [0.25, 0.3) is 0 Å². The van der Waals surface area contributed by atoms with Crippen molar-refractivity contribution in [2.75, 3.05) is 14.2 Å². The molecule has 0 aliphatic heterocycles. The molecule has 112 valence electrons. The van der Waals surface area contributed by atoms with Crippen molar-refractivity contribution in [1.29, 1.82) is 0 Å². The molecule has 1 aromatic rings. The van der Waals surface area contributed by atoms with E-state index in [2.05, 4.69) is 25.8 Å². The van der Waals surface area contributed by atoms with E-state index >= 15 is 0 Å². The van der Waals surface area contributed by atoms with Gasteiger partial charge in [0.2, 0.25) is 0 Å². The van der Waals surface area contributed by atoms with Gasteiger partial charge in [0.1, 0.15) is 0 Å². The van der Waals surface area contributed by atoms with E-state index in [0.29, 0.717) is 17.8 Å². The molecule has 1 N–H and O–H groups in total. The van der Waals surface area contributed by atoms with E-state index in [-0.39, 0.29) is 5.75 Å². The highest BCUT2D eigenvalue weighted by molar-refractivity contribution is 5.42. The summed E-state index contributed by atoms with van der Waals surface area (Å²) in [6.45, 7) is 4.58. The molecule has 3 heteroatoms. The van der Waals surface area contributed by atoms with Crippen LogP contribution >= 0.6 is 0 Å². The first-order valence-electron chi connectivity index (χ1n) is 7.61. The Morgan fingerprint density at radius 3 is 2.50 bits per heavy atom. The maximum atomic E-state index is 9.69. The van der Waals surface area contributed by atoms with Crippen LogP contribution in [0.5, 0.6) is 11.5 Å². The van der Waals surface area contributed by atoms with Gasteiger partial charge in [-0.2, -0.15) is 0 Å². The van der Waals surface area contributed by atoms with Gasteiger partial charge in [-0.05, 0) is 63.3 Å². The zero-order chi connectivity index (χ0) is 14.7. The topological polar surface area (TPSA) is 32.7 Å². The van der Waals surface area contributed by atoms with Crippen LogP contribution in [0.25, 0.3) is 0 Å². The highest BCUT2D eigenvalue weighted by atomic mass is 16.5. The molecule has 3 nitrogen and oxygen atoms in total. The maximum Gasteiger partial charge on any atom is 0.160 e. The van der Waals surface area contributed by atoms with Crippen molar-refractivity contribution in [2.24, 2.45) is 5.92 Å². The maximum absolute atomic E-state index is 9.69. The Morgan fingerprint density at radius 1 is 1.25 bits per heavy atom. The van der Waals surface area contributed by atoms with Gasteiger partial charge in [-0.1, -0.05) is 13.0 Å². The standard InChI is InChI=1S/C17H27NO2/c1-12-5-8-15(9-6-12)18(3)13(2)14-7-10-16(19)17(11-14)20-4/h7,10-13,15,19H,5-6,8-9H2,1-4H3. The average molecular weight is 277 g/mol. The minimum Gasteiger partial charge on any atom is -0.504 e. The minimum absolute atomic E-state index is 0.206. The predicted octanol–water partition coefficient (Wildman–Crippen LogP) is 3.97. The molecule has 1 unspecified atom stereocenters. The third-order valence-electron chi connectivity index (χ3n) is 4.86. The summed E-state index contributed by atoms with van der Waals surface area (Å²) < 4.78 is 5.21. The van der Waals surface area contributed by atoms with Crippen molar-refractivity contribution in [1.82, 2.24) is 4.90 Å². The van der Waals surface area contributed by atoms with Crippen LogP contribution < -0.4 is 4.74 Å². The van der Waals surface area contributed by atoms with Crippen LogP contribution in [0.3, 0.4) is 0 Å². The normalized spacial score (nSPS) is 24.6. The number of benzene rings is 1. The second-order valence-electron chi connectivity index (χ2n) is 6.19. The molecule has 0 radical (unpaired) electrons. The second kappa shape index (κ2) is 6.49.